The Morgan fingerprint density at radius 2 is 1.54 bits per heavy atom. The van der Waals surface area contributed by atoms with Crippen LogP contribution in [0.15, 0.2) is 0 Å². The molecule has 0 fully saturated rings. The highest BCUT2D eigenvalue weighted by atomic mass is 32.2. The molecule has 0 aromatic rings. The van der Waals surface area contributed by atoms with Crippen molar-refractivity contribution < 1.29 is 12.6 Å². The molecule has 0 bridgehead atoms. The summed E-state index contributed by atoms with van der Waals surface area (Å²) in [5, 5.41) is 0. The number of hydrogen-bond donors (Lipinski definition) is 0. The average molecular weight is 208 g/mol. The van der Waals surface area contributed by atoms with E-state index in [0.717, 1.165) is 25.7 Å². The molecule has 0 unspecified atom stereocenters. The first-order valence-corrected chi connectivity index (χ1v) is 6.54. The summed E-state index contributed by atoms with van der Waals surface area (Å²) in [5.74, 6) is 0.0664. The first-order chi connectivity index (χ1) is 6.05. The zero-order valence-electron chi connectivity index (χ0n) is 8.75. The number of rotatable bonds is 7. The van der Waals surface area contributed by atoms with E-state index >= 15 is 0 Å². The van der Waals surface area contributed by atoms with E-state index in [1.165, 1.54) is 0 Å². The summed E-state index contributed by atoms with van der Waals surface area (Å²) in [5.41, 5.74) is 0. The molecule has 4 heteroatoms. The predicted molar refractivity (Wildman–Crippen MR) is 54.1 cm³/mol. The van der Waals surface area contributed by atoms with Crippen molar-refractivity contribution >= 4 is 10.1 Å². The average Bonchev–Trinajstić information content (AvgIpc) is 2.05. The maximum absolute atomic E-state index is 11.1. The van der Waals surface area contributed by atoms with Crippen molar-refractivity contribution in [2.75, 3.05) is 5.75 Å². The lowest BCUT2D eigenvalue weighted by atomic mass is 10.1. The highest BCUT2D eigenvalue weighted by Gasteiger charge is 2.15. The van der Waals surface area contributed by atoms with E-state index in [0.29, 0.717) is 0 Å². The van der Waals surface area contributed by atoms with Gasteiger partial charge in [-0.05, 0) is 19.8 Å². The quantitative estimate of drug-likeness (QED) is 0.603. The van der Waals surface area contributed by atoms with Crippen LogP contribution in [0.2, 0.25) is 0 Å². The summed E-state index contributed by atoms with van der Waals surface area (Å²) in [4.78, 5) is 0. The molecule has 0 heterocycles. The van der Waals surface area contributed by atoms with Gasteiger partial charge in [-0.1, -0.05) is 26.7 Å². The van der Waals surface area contributed by atoms with E-state index in [4.69, 9.17) is 4.18 Å². The minimum absolute atomic E-state index is 0.0664. The van der Waals surface area contributed by atoms with E-state index in [-0.39, 0.29) is 11.9 Å². The van der Waals surface area contributed by atoms with Crippen LogP contribution < -0.4 is 0 Å². The molecule has 0 saturated heterocycles. The van der Waals surface area contributed by atoms with Crippen LogP contribution in [0.3, 0.4) is 0 Å². The van der Waals surface area contributed by atoms with Gasteiger partial charge in [0.25, 0.3) is 10.1 Å². The van der Waals surface area contributed by atoms with Crippen molar-refractivity contribution in [3.63, 3.8) is 0 Å². The standard InChI is InChI=1S/C9H20O3S/c1-4-7-9(8-5-2)12-13(10,11)6-3/h9H,4-8H2,1-3H3. The molecule has 0 aromatic carbocycles. The summed E-state index contributed by atoms with van der Waals surface area (Å²) < 4.78 is 27.3. The highest BCUT2D eigenvalue weighted by Crippen LogP contribution is 2.12. The van der Waals surface area contributed by atoms with Crippen LogP contribution in [0.1, 0.15) is 46.5 Å². The fraction of sp³-hybridized carbons (Fsp3) is 1.00. The maximum atomic E-state index is 11.1. The SMILES string of the molecule is CCCC(CCC)OS(=O)(=O)CC. The molecule has 0 aromatic heterocycles. The molecule has 0 atom stereocenters. The first-order valence-electron chi connectivity index (χ1n) is 4.96. The minimum Gasteiger partial charge on any atom is -0.267 e. The Hall–Kier alpha value is -0.0900. The van der Waals surface area contributed by atoms with Crippen molar-refractivity contribution in [3.05, 3.63) is 0 Å². The Bertz CT molecular complexity index is 203. The summed E-state index contributed by atoms with van der Waals surface area (Å²) >= 11 is 0. The molecule has 0 amide bonds. The Labute approximate surface area is 81.6 Å². The molecule has 0 rings (SSSR count). The molecule has 0 spiro atoms. The van der Waals surface area contributed by atoms with Crippen molar-refractivity contribution in [2.45, 2.75) is 52.6 Å². The van der Waals surface area contributed by atoms with Crippen LogP contribution in [0.25, 0.3) is 0 Å². The van der Waals surface area contributed by atoms with Crippen molar-refractivity contribution in [1.82, 2.24) is 0 Å². The van der Waals surface area contributed by atoms with Gasteiger partial charge >= 0.3 is 0 Å². The molecule has 13 heavy (non-hydrogen) atoms. The molecule has 0 saturated carbocycles. The van der Waals surface area contributed by atoms with E-state index in [2.05, 4.69) is 0 Å². The Morgan fingerprint density at radius 3 is 1.85 bits per heavy atom. The fourth-order valence-corrected chi connectivity index (χ4v) is 1.90. The van der Waals surface area contributed by atoms with Gasteiger partial charge in [-0.3, -0.25) is 4.18 Å². The van der Waals surface area contributed by atoms with Crippen LogP contribution in [0.4, 0.5) is 0 Å². The smallest absolute Gasteiger partial charge is 0.267 e. The zero-order valence-corrected chi connectivity index (χ0v) is 9.56. The van der Waals surface area contributed by atoms with Crippen LogP contribution in [0.5, 0.6) is 0 Å². The zero-order chi connectivity index (χ0) is 10.3. The Kier molecular flexibility index (Phi) is 6.33. The van der Waals surface area contributed by atoms with Crippen LogP contribution in [-0.4, -0.2) is 20.3 Å². The van der Waals surface area contributed by atoms with Gasteiger partial charge in [0.2, 0.25) is 0 Å². The molecule has 0 aliphatic heterocycles. The van der Waals surface area contributed by atoms with Crippen molar-refractivity contribution in [3.8, 4) is 0 Å². The molecule has 80 valence electrons. The lowest BCUT2D eigenvalue weighted by Crippen LogP contribution is -2.19. The lowest BCUT2D eigenvalue weighted by Gasteiger charge is -2.14. The third kappa shape index (κ3) is 6.05. The molecule has 0 N–H and O–H groups in total. The second kappa shape index (κ2) is 6.38. The summed E-state index contributed by atoms with van der Waals surface area (Å²) in [7, 11) is -3.26. The van der Waals surface area contributed by atoms with Gasteiger partial charge in [0.05, 0.1) is 11.9 Å². The van der Waals surface area contributed by atoms with Crippen LogP contribution in [0, 0.1) is 0 Å². The molecule has 0 aliphatic rings. The molecular weight excluding hydrogens is 188 g/mol. The summed E-state index contributed by atoms with van der Waals surface area (Å²) in [6, 6.07) is 0. The Morgan fingerprint density at radius 1 is 1.08 bits per heavy atom. The van der Waals surface area contributed by atoms with Crippen LogP contribution in [-0.2, 0) is 14.3 Å². The minimum atomic E-state index is -3.26. The van der Waals surface area contributed by atoms with E-state index in [1.807, 2.05) is 13.8 Å². The third-order valence-corrected chi connectivity index (χ3v) is 3.13. The van der Waals surface area contributed by atoms with Crippen molar-refractivity contribution in [1.29, 1.82) is 0 Å². The fourth-order valence-electron chi connectivity index (χ4n) is 1.16. The van der Waals surface area contributed by atoms with Crippen molar-refractivity contribution in [2.24, 2.45) is 0 Å². The van der Waals surface area contributed by atoms with Gasteiger partial charge in [0.1, 0.15) is 0 Å². The van der Waals surface area contributed by atoms with Gasteiger partial charge in [-0.15, -0.1) is 0 Å². The highest BCUT2D eigenvalue weighted by molar-refractivity contribution is 7.86. The Balaban J connectivity index is 4.08. The van der Waals surface area contributed by atoms with Gasteiger partial charge in [-0.25, -0.2) is 0 Å². The van der Waals surface area contributed by atoms with E-state index < -0.39 is 10.1 Å². The predicted octanol–water partition coefficient (Wildman–Crippen LogP) is 2.32. The topological polar surface area (TPSA) is 43.4 Å². The van der Waals surface area contributed by atoms with E-state index in [9.17, 15) is 8.42 Å². The monoisotopic (exact) mass is 208 g/mol. The second-order valence-corrected chi connectivity index (χ2v) is 5.03. The van der Waals surface area contributed by atoms with Gasteiger partial charge < -0.3 is 0 Å². The molecule has 0 aliphatic carbocycles. The third-order valence-electron chi connectivity index (χ3n) is 1.86. The summed E-state index contributed by atoms with van der Waals surface area (Å²) in [6.45, 7) is 5.67. The second-order valence-electron chi connectivity index (χ2n) is 3.14. The first kappa shape index (κ1) is 12.9. The molecular formula is C9H20O3S. The van der Waals surface area contributed by atoms with Crippen LogP contribution >= 0.6 is 0 Å². The van der Waals surface area contributed by atoms with Gasteiger partial charge in [-0.2, -0.15) is 8.42 Å². The number of hydrogen-bond acceptors (Lipinski definition) is 3. The summed E-state index contributed by atoms with van der Waals surface area (Å²) in [6.07, 6.45) is 3.47. The molecule has 3 nitrogen and oxygen atoms in total. The normalized spacial score (nSPS) is 12.3. The van der Waals surface area contributed by atoms with E-state index in [1.54, 1.807) is 6.92 Å². The molecule has 0 radical (unpaired) electrons. The van der Waals surface area contributed by atoms with Gasteiger partial charge in [0.15, 0.2) is 0 Å². The largest absolute Gasteiger partial charge is 0.267 e. The lowest BCUT2D eigenvalue weighted by molar-refractivity contribution is 0.187. The van der Waals surface area contributed by atoms with Gasteiger partial charge in [0, 0.05) is 0 Å². The maximum Gasteiger partial charge on any atom is 0.267 e.